The molecule has 0 aliphatic heterocycles. The molecule has 16 heteroatoms. The molecule has 0 aliphatic rings. The van der Waals surface area contributed by atoms with Crippen molar-refractivity contribution >= 4 is 35.7 Å². The first-order chi connectivity index (χ1) is 20.1. The Morgan fingerprint density at radius 3 is 2.44 bits per heavy atom. The van der Waals surface area contributed by atoms with Gasteiger partial charge in [-0.1, -0.05) is 0 Å². The van der Waals surface area contributed by atoms with Crippen LogP contribution in [0, 0.1) is 0 Å². The number of carbonyl (C=O) groups is 4. The van der Waals surface area contributed by atoms with Crippen molar-refractivity contribution in [3.05, 3.63) is 72.0 Å². The van der Waals surface area contributed by atoms with Gasteiger partial charge >= 0.3 is 12.3 Å². The van der Waals surface area contributed by atoms with Crippen LogP contribution < -0.4 is 16.0 Å². The Labute approximate surface area is 241 Å². The van der Waals surface area contributed by atoms with Gasteiger partial charge in [0.1, 0.15) is 30.5 Å². The first kappa shape index (κ1) is 30.4. The van der Waals surface area contributed by atoms with Crippen molar-refractivity contribution in [3.8, 4) is 17.1 Å². The maximum atomic E-state index is 13.3. The molecule has 0 radical (unpaired) electrons. The Hall–Kier alpha value is -5.54. The Kier molecular flexibility index (Phi) is 8.31. The molecule has 0 spiro atoms. The van der Waals surface area contributed by atoms with E-state index in [1.807, 2.05) is 0 Å². The third kappa shape index (κ3) is 7.60. The normalized spacial score (nSPS) is 11.6. The highest BCUT2D eigenvalue weighted by Gasteiger charge is 2.36. The lowest BCUT2D eigenvalue weighted by molar-refractivity contribution is -0.119. The predicted molar refractivity (Wildman–Crippen MR) is 145 cm³/mol. The second kappa shape index (κ2) is 11.8. The summed E-state index contributed by atoms with van der Waals surface area (Å²) in [5.41, 5.74) is 4.76. The van der Waals surface area contributed by atoms with E-state index in [0.29, 0.717) is 22.4 Å². The number of nitrogens with zero attached hydrogens (tertiary/aromatic N) is 5. The van der Waals surface area contributed by atoms with Gasteiger partial charge < -0.3 is 20.2 Å². The van der Waals surface area contributed by atoms with E-state index in [-0.39, 0.29) is 28.5 Å². The Bertz CT molecular complexity index is 1670. The summed E-state index contributed by atoms with van der Waals surface area (Å²) < 4.78 is 51.6. The summed E-state index contributed by atoms with van der Waals surface area (Å²) in [6, 6.07) is 8.67. The summed E-state index contributed by atoms with van der Waals surface area (Å²) in [5.74, 6) is -2.33. The summed E-state index contributed by atoms with van der Waals surface area (Å²) >= 11 is 0. The van der Waals surface area contributed by atoms with Crippen molar-refractivity contribution in [1.29, 1.82) is 0 Å². The number of amides is 3. The zero-order valence-electron chi connectivity index (χ0n) is 22.9. The monoisotopic (exact) mass is 599 g/mol. The maximum Gasteiger partial charge on any atom is 0.416 e. The zero-order chi connectivity index (χ0) is 31.5. The molecular weight excluding hydrogens is 575 g/mol. The summed E-state index contributed by atoms with van der Waals surface area (Å²) in [7, 11) is 0. The minimum Gasteiger partial charge on any atom is -0.444 e. The average Bonchev–Trinajstić information content (AvgIpc) is 3.59. The maximum absolute atomic E-state index is 13.3. The van der Waals surface area contributed by atoms with Gasteiger partial charge in [-0.15, -0.1) is 0 Å². The third-order valence-corrected chi connectivity index (χ3v) is 5.45. The lowest BCUT2D eigenvalue weighted by Gasteiger charge is -2.27. The van der Waals surface area contributed by atoms with Gasteiger partial charge in [-0.3, -0.25) is 19.3 Å². The highest BCUT2D eigenvalue weighted by Crippen LogP contribution is 2.27. The summed E-state index contributed by atoms with van der Waals surface area (Å²) in [6.45, 7) is 2.84. The fraction of sp³-hybridized carbons (Fsp3) is 0.222. The second-order valence-corrected chi connectivity index (χ2v) is 9.99. The van der Waals surface area contributed by atoms with Gasteiger partial charge in [0, 0.05) is 17.3 Å². The topological polar surface area (TPSA) is 176 Å². The predicted octanol–water partition coefficient (Wildman–Crippen LogP) is 4.39. The summed E-state index contributed by atoms with van der Waals surface area (Å²) in [6.07, 6.45) is -1.93. The largest absolute Gasteiger partial charge is 0.444 e. The van der Waals surface area contributed by atoms with Crippen LogP contribution in [0.25, 0.3) is 17.1 Å². The number of carbonyl (C=O) groups excluding carboxylic acids is 4. The number of nitrogens with one attached hydrogen (secondary N) is 1. The van der Waals surface area contributed by atoms with E-state index >= 15 is 0 Å². The molecule has 1 aromatic carbocycles. The van der Waals surface area contributed by atoms with Gasteiger partial charge in [0.2, 0.25) is 5.89 Å². The van der Waals surface area contributed by atoms with Crippen LogP contribution in [0.3, 0.4) is 0 Å². The van der Waals surface area contributed by atoms with E-state index in [9.17, 15) is 32.3 Å². The standard InChI is InChI=1S/C27H24F3N7O6/c1-26(2,3)43-25(41)36(14-27(28,29)30)20-10-16(8-9-32-20)24-34-19(13-42-24)23(40)33-18-11-37(35-21(18)22(31)39)17-6-4-15(12-38)5-7-17/h4-13H,14H2,1-3H3,(H2,31,39)(H,33,40). The highest BCUT2D eigenvalue weighted by atomic mass is 19.4. The van der Waals surface area contributed by atoms with Gasteiger partial charge in [0.25, 0.3) is 11.8 Å². The first-order valence-electron chi connectivity index (χ1n) is 12.4. The van der Waals surface area contributed by atoms with Gasteiger partial charge in [0.05, 0.1) is 17.6 Å². The smallest absolute Gasteiger partial charge is 0.416 e. The van der Waals surface area contributed by atoms with Crippen molar-refractivity contribution in [3.63, 3.8) is 0 Å². The van der Waals surface area contributed by atoms with E-state index in [0.717, 1.165) is 18.5 Å². The molecule has 3 amide bonds. The molecular formula is C27H24F3N7O6. The average molecular weight is 600 g/mol. The van der Waals surface area contributed by atoms with E-state index in [1.165, 1.54) is 49.8 Å². The molecule has 0 saturated heterocycles. The molecule has 3 heterocycles. The number of aldehydes is 1. The van der Waals surface area contributed by atoms with Crippen LogP contribution in [-0.4, -0.2) is 62.3 Å². The number of pyridine rings is 1. The number of hydrogen-bond donors (Lipinski definition) is 2. The first-order valence-corrected chi connectivity index (χ1v) is 12.4. The number of nitrogens with two attached hydrogens (primary N) is 1. The quantitative estimate of drug-likeness (QED) is 0.278. The van der Waals surface area contributed by atoms with Crippen LogP contribution in [-0.2, 0) is 4.74 Å². The molecule has 0 fully saturated rings. The Morgan fingerprint density at radius 2 is 1.84 bits per heavy atom. The van der Waals surface area contributed by atoms with Crippen molar-refractivity contribution < 1.29 is 41.5 Å². The van der Waals surface area contributed by atoms with Gasteiger partial charge in [-0.05, 0) is 57.2 Å². The zero-order valence-corrected chi connectivity index (χ0v) is 22.9. The van der Waals surface area contributed by atoms with Crippen LogP contribution in [0.1, 0.15) is 52.1 Å². The molecule has 3 N–H and O–H groups in total. The van der Waals surface area contributed by atoms with Crippen LogP contribution >= 0.6 is 0 Å². The van der Waals surface area contributed by atoms with E-state index in [1.54, 1.807) is 12.1 Å². The number of primary amides is 1. The number of halogens is 3. The lowest BCUT2D eigenvalue weighted by atomic mass is 10.2. The van der Waals surface area contributed by atoms with Gasteiger partial charge in [-0.2, -0.15) is 18.3 Å². The molecule has 0 bridgehead atoms. The molecule has 43 heavy (non-hydrogen) atoms. The number of ether oxygens (including phenoxy) is 1. The highest BCUT2D eigenvalue weighted by molar-refractivity contribution is 6.07. The summed E-state index contributed by atoms with van der Waals surface area (Å²) in [4.78, 5) is 56.7. The third-order valence-electron chi connectivity index (χ3n) is 5.45. The molecule has 4 aromatic rings. The number of anilines is 2. The van der Waals surface area contributed by atoms with E-state index in [4.69, 9.17) is 14.9 Å². The fourth-order valence-corrected chi connectivity index (χ4v) is 3.62. The van der Waals surface area contributed by atoms with Crippen LogP contribution in [0.2, 0.25) is 0 Å². The fourth-order valence-electron chi connectivity index (χ4n) is 3.62. The SMILES string of the molecule is CC(C)(C)OC(=O)N(CC(F)(F)F)c1cc(-c2nc(C(=O)Nc3cn(-c4ccc(C=O)cc4)nc3C(N)=O)co2)ccn1. The van der Waals surface area contributed by atoms with Crippen molar-refractivity contribution in [1.82, 2.24) is 19.7 Å². The van der Waals surface area contributed by atoms with Gasteiger partial charge in [0.15, 0.2) is 11.4 Å². The second-order valence-electron chi connectivity index (χ2n) is 9.99. The van der Waals surface area contributed by atoms with Crippen molar-refractivity contribution in [2.45, 2.75) is 32.5 Å². The lowest BCUT2D eigenvalue weighted by Crippen LogP contribution is -2.42. The van der Waals surface area contributed by atoms with Crippen molar-refractivity contribution in [2.75, 3.05) is 16.8 Å². The number of aromatic nitrogens is 4. The van der Waals surface area contributed by atoms with Crippen LogP contribution in [0.4, 0.5) is 29.5 Å². The van der Waals surface area contributed by atoms with Crippen LogP contribution in [0.5, 0.6) is 0 Å². The Balaban J connectivity index is 1.58. The molecule has 4 rings (SSSR count). The molecule has 3 aromatic heterocycles. The van der Waals surface area contributed by atoms with Crippen molar-refractivity contribution in [2.24, 2.45) is 5.73 Å². The number of alkyl halides is 3. The minimum absolute atomic E-state index is 0.0483. The molecule has 0 unspecified atom stereocenters. The Morgan fingerprint density at radius 1 is 1.14 bits per heavy atom. The van der Waals surface area contributed by atoms with E-state index in [2.05, 4.69) is 20.4 Å². The number of oxazole rings is 1. The number of rotatable bonds is 8. The van der Waals surface area contributed by atoms with E-state index < -0.39 is 42.0 Å². The number of hydrogen-bond acceptors (Lipinski definition) is 9. The van der Waals surface area contributed by atoms with Gasteiger partial charge in [-0.25, -0.2) is 19.4 Å². The molecule has 0 aliphatic carbocycles. The molecule has 13 nitrogen and oxygen atoms in total. The summed E-state index contributed by atoms with van der Waals surface area (Å²) in [5, 5.41) is 6.56. The molecule has 0 atom stereocenters. The molecule has 0 saturated carbocycles. The molecule has 224 valence electrons. The van der Waals surface area contributed by atoms with Crippen LogP contribution in [0.15, 0.2) is 59.5 Å². The minimum atomic E-state index is -4.76. The number of benzene rings is 1.